The molecule has 1 aliphatic rings. The number of aromatic hydroxyl groups is 1. The molecule has 0 aromatic heterocycles. The quantitative estimate of drug-likeness (QED) is 0.650. The number of hydrogen-bond acceptors (Lipinski definition) is 2. The summed E-state index contributed by atoms with van der Waals surface area (Å²) in [4.78, 5) is 0. The van der Waals surface area contributed by atoms with Crippen LogP contribution < -0.4 is 4.74 Å². The minimum absolute atomic E-state index is 0.274. The Morgan fingerprint density at radius 3 is 2.70 bits per heavy atom. The van der Waals surface area contributed by atoms with Gasteiger partial charge in [-0.3, -0.25) is 0 Å². The van der Waals surface area contributed by atoms with Crippen molar-refractivity contribution in [3.63, 3.8) is 0 Å². The van der Waals surface area contributed by atoms with Crippen LogP contribution in [0.4, 0.5) is 0 Å². The smallest absolute Gasteiger partial charge is 0.128 e. The first-order chi connectivity index (χ1) is 10.9. The molecule has 1 atom stereocenters. The SMILES string of the molecule is CC(C)=CCC/C(C)=C/CCC1(C)C=Cc2cc(O)ccc2O1. The monoisotopic (exact) mass is 312 g/mol. The first-order valence-electron chi connectivity index (χ1n) is 8.38. The molecule has 0 saturated carbocycles. The van der Waals surface area contributed by atoms with Gasteiger partial charge in [-0.2, -0.15) is 0 Å². The summed E-state index contributed by atoms with van der Waals surface area (Å²) < 4.78 is 6.13. The first-order valence-corrected chi connectivity index (χ1v) is 8.38. The fourth-order valence-electron chi connectivity index (χ4n) is 2.74. The zero-order valence-corrected chi connectivity index (χ0v) is 14.7. The highest BCUT2D eigenvalue weighted by molar-refractivity contribution is 5.62. The van der Waals surface area contributed by atoms with Crippen molar-refractivity contribution in [1.29, 1.82) is 0 Å². The summed E-state index contributed by atoms with van der Waals surface area (Å²) in [6.45, 7) is 8.61. The molecule has 0 fully saturated rings. The van der Waals surface area contributed by atoms with Crippen LogP contribution in [-0.2, 0) is 0 Å². The van der Waals surface area contributed by atoms with Crippen molar-refractivity contribution in [3.05, 3.63) is 53.1 Å². The number of allylic oxidation sites excluding steroid dienone is 4. The highest BCUT2D eigenvalue weighted by atomic mass is 16.5. The lowest BCUT2D eigenvalue weighted by molar-refractivity contribution is 0.128. The van der Waals surface area contributed by atoms with Gasteiger partial charge in [-0.05, 0) is 77.7 Å². The largest absolute Gasteiger partial charge is 0.508 e. The lowest BCUT2D eigenvalue weighted by atomic mass is 9.94. The number of ether oxygens (including phenoxy) is 1. The molecule has 0 bridgehead atoms. The normalized spacial score (nSPS) is 19.9. The van der Waals surface area contributed by atoms with Crippen LogP contribution in [0.2, 0.25) is 0 Å². The van der Waals surface area contributed by atoms with Crippen LogP contribution in [0.15, 0.2) is 47.6 Å². The topological polar surface area (TPSA) is 29.5 Å². The maximum atomic E-state index is 9.52. The van der Waals surface area contributed by atoms with Gasteiger partial charge >= 0.3 is 0 Å². The zero-order chi connectivity index (χ0) is 16.9. The third-order valence-corrected chi connectivity index (χ3v) is 4.18. The highest BCUT2D eigenvalue weighted by Gasteiger charge is 2.26. The molecule has 0 radical (unpaired) electrons. The number of hydrogen-bond donors (Lipinski definition) is 1. The molecule has 124 valence electrons. The van der Waals surface area contributed by atoms with E-state index in [0.29, 0.717) is 0 Å². The van der Waals surface area contributed by atoms with Gasteiger partial charge in [0.15, 0.2) is 0 Å². The number of benzene rings is 1. The Morgan fingerprint density at radius 2 is 1.96 bits per heavy atom. The second kappa shape index (κ2) is 7.54. The minimum atomic E-state index is -0.277. The van der Waals surface area contributed by atoms with Crippen molar-refractivity contribution < 1.29 is 9.84 Å². The predicted octanol–water partition coefficient (Wildman–Crippen LogP) is 6.03. The first kappa shape index (κ1) is 17.4. The molecule has 1 heterocycles. The molecule has 1 aliphatic heterocycles. The van der Waals surface area contributed by atoms with Gasteiger partial charge in [0.2, 0.25) is 0 Å². The molecule has 2 heteroatoms. The van der Waals surface area contributed by atoms with Crippen molar-refractivity contribution in [3.8, 4) is 11.5 Å². The molecule has 1 N–H and O–H groups in total. The summed E-state index contributed by atoms with van der Waals surface area (Å²) in [5.41, 5.74) is 3.49. The van der Waals surface area contributed by atoms with E-state index in [2.05, 4.69) is 45.9 Å². The van der Waals surface area contributed by atoms with Gasteiger partial charge in [0.1, 0.15) is 17.1 Å². The van der Waals surface area contributed by atoms with Crippen LogP contribution >= 0.6 is 0 Å². The molecule has 0 spiro atoms. The Kier molecular flexibility index (Phi) is 5.70. The predicted molar refractivity (Wildman–Crippen MR) is 97.8 cm³/mol. The van der Waals surface area contributed by atoms with Crippen LogP contribution in [0.5, 0.6) is 11.5 Å². The summed E-state index contributed by atoms with van der Waals surface area (Å²) in [5.74, 6) is 1.12. The third-order valence-electron chi connectivity index (χ3n) is 4.18. The number of phenolic OH excluding ortho intramolecular Hbond substituents is 1. The number of rotatable bonds is 6. The molecule has 2 rings (SSSR count). The zero-order valence-electron chi connectivity index (χ0n) is 14.7. The second-order valence-electron chi connectivity index (χ2n) is 6.88. The van der Waals surface area contributed by atoms with E-state index in [4.69, 9.17) is 4.74 Å². The van der Waals surface area contributed by atoms with Crippen LogP contribution in [0.3, 0.4) is 0 Å². The van der Waals surface area contributed by atoms with Gasteiger partial charge in [0, 0.05) is 5.56 Å². The van der Waals surface area contributed by atoms with E-state index in [1.54, 1.807) is 12.1 Å². The minimum Gasteiger partial charge on any atom is -0.508 e. The lowest BCUT2D eigenvalue weighted by Gasteiger charge is -2.31. The van der Waals surface area contributed by atoms with E-state index in [1.807, 2.05) is 12.1 Å². The molecular formula is C21H28O2. The molecule has 0 amide bonds. The van der Waals surface area contributed by atoms with E-state index < -0.39 is 0 Å². The highest BCUT2D eigenvalue weighted by Crippen LogP contribution is 2.35. The average molecular weight is 312 g/mol. The fraction of sp³-hybridized carbons (Fsp3) is 0.429. The fourth-order valence-corrected chi connectivity index (χ4v) is 2.74. The molecule has 1 unspecified atom stereocenters. The Morgan fingerprint density at radius 1 is 1.17 bits per heavy atom. The lowest BCUT2D eigenvalue weighted by Crippen LogP contribution is -2.31. The Labute approximate surface area is 140 Å². The maximum Gasteiger partial charge on any atom is 0.128 e. The Hall–Kier alpha value is -1.96. The Balaban J connectivity index is 1.89. The van der Waals surface area contributed by atoms with E-state index in [9.17, 15) is 5.11 Å². The van der Waals surface area contributed by atoms with Crippen LogP contribution in [0.1, 0.15) is 58.9 Å². The molecule has 1 aromatic rings. The third kappa shape index (κ3) is 5.31. The van der Waals surface area contributed by atoms with Gasteiger partial charge in [-0.15, -0.1) is 0 Å². The van der Waals surface area contributed by atoms with E-state index in [1.165, 1.54) is 11.1 Å². The molecule has 0 saturated heterocycles. The van der Waals surface area contributed by atoms with E-state index >= 15 is 0 Å². The van der Waals surface area contributed by atoms with E-state index in [-0.39, 0.29) is 11.4 Å². The van der Waals surface area contributed by atoms with Crippen molar-refractivity contribution >= 4 is 6.08 Å². The molecule has 23 heavy (non-hydrogen) atoms. The Bertz CT molecular complexity index is 633. The summed E-state index contributed by atoms with van der Waals surface area (Å²) in [6.07, 6.45) is 13.0. The summed E-state index contributed by atoms with van der Waals surface area (Å²) >= 11 is 0. The molecular weight excluding hydrogens is 284 g/mol. The standard InChI is InChI=1S/C21H28O2/c1-16(2)7-5-8-17(3)9-6-13-21(4)14-12-18-15-19(22)10-11-20(18)23-21/h7,9-12,14-15,22H,5-6,8,13H2,1-4H3/b17-9+. The van der Waals surface area contributed by atoms with Crippen molar-refractivity contribution in [2.45, 2.75) is 59.0 Å². The van der Waals surface area contributed by atoms with Crippen molar-refractivity contribution in [2.24, 2.45) is 0 Å². The summed E-state index contributed by atoms with van der Waals surface area (Å²) in [6, 6.07) is 5.25. The van der Waals surface area contributed by atoms with Gasteiger partial charge in [-0.25, -0.2) is 0 Å². The second-order valence-corrected chi connectivity index (χ2v) is 6.88. The van der Waals surface area contributed by atoms with Gasteiger partial charge < -0.3 is 9.84 Å². The number of phenols is 1. The van der Waals surface area contributed by atoms with Crippen LogP contribution in [-0.4, -0.2) is 10.7 Å². The summed E-state index contributed by atoms with van der Waals surface area (Å²) in [7, 11) is 0. The van der Waals surface area contributed by atoms with E-state index in [0.717, 1.165) is 37.0 Å². The average Bonchev–Trinajstić information content (AvgIpc) is 2.47. The van der Waals surface area contributed by atoms with Crippen molar-refractivity contribution in [2.75, 3.05) is 0 Å². The van der Waals surface area contributed by atoms with Gasteiger partial charge in [0.25, 0.3) is 0 Å². The van der Waals surface area contributed by atoms with Crippen molar-refractivity contribution in [1.82, 2.24) is 0 Å². The van der Waals surface area contributed by atoms with Crippen LogP contribution in [0.25, 0.3) is 6.08 Å². The van der Waals surface area contributed by atoms with Crippen LogP contribution in [0, 0.1) is 0 Å². The van der Waals surface area contributed by atoms with Gasteiger partial charge in [-0.1, -0.05) is 29.4 Å². The molecule has 0 aliphatic carbocycles. The summed E-state index contributed by atoms with van der Waals surface area (Å²) in [5, 5.41) is 9.52. The molecule has 2 nitrogen and oxygen atoms in total. The number of fused-ring (bicyclic) bond motifs is 1. The van der Waals surface area contributed by atoms with Gasteiger partial charge in [0.05, 0.1) is 0 Å². The molecule has 1 aromatic carbocycles. The maximum absolute atomic E-state index is 9.52.